The maximum atomic E-state index is 12.7. The number of hydrogen-bond donors (Lipinski definition) is 3. The molecule has 2 fully saturated rings. The lowest BCUT2D eigenvalue weighted by molar-refractivity contribution is -0.138. The Morgan fingerprint density at radius 2 is 1.96 bits per heavy atom. The summed E-state index contributed by atoms with van der Waals surface area (Å²) in [7, 11) is 0.188. The van der Waals surface area contributed by atoms with Crippen LogP contribution < -0.4 is 0 Å². The quantitative estimate of drug-likeness (QED) is 0.523. The number of aromatic hydroxyl groups is 1. The largest absolute Gasteiger partial charge is 0.508 e. The van der Waals surface area contributed by atoms with E-state index in [1.54, 1.807) is 18.2 Å². The van der Waals surface area contributed by atoms with Gasteiger partial charge in [-0.15, -0.1) is 0 Å². The molecule has 0 radical (unpaired) electrons. The summed E-state index contributed by atoms with van der Waals surface area (Å²) in [6.45, 7) is -0.290. The predicted molar refractivity (Wildman–Crippen MR) is 91.5 cm³/mol. The van der Waals surface area contributed by atoms with Gasteiger partial charge in [-0.05, 0) is 35.9 Å². The van der Waals surface area contributed by atoms with Crippen molar-refractivity contribution in [2.75, 3.05) is 13.7 Å². The minimum Gasteiger partial charge on any atom is -0.508 e. The van der Waals surface area contributed by atoms with Crippen molar-refractivity contribution in [3.63, 3.8) is 0 Å². The van der Waals surface area contributed by atoms with Crippen molar-refractivity contribution in [2.45, 2.75) is 18.9 Å². The zero-order valence-corrected chi connectivity index (χ0v) is 14.3. The number of imide groups is 1. The van der Waals surface area contributed by atoms with Crippen LogP contribution >= 0.6 is 0 Å². The van der Waals surface area contributed by atoms with Crippen molar-refractivity contribution in [3.05, 3.63) is 40.9 Å². The fourth-order valence-electron chi connectivity index (χ4n) is 4.67. The van der Waals surface area contributed by atoms with Crippen molar-refractivity contribution in [1.82, 2.24) is 4.90 Å². The second-order valence-corrected chi connectivity index (χ2v) is 7.17. The van der Waals surface area contributed by atoms with Gasteiger partial charge in [-0.1, -0.05) is 18.2 Å². The number of para-hydroxylation sites is 1. The SMILES string of the molecule is CN1C(=O)[C@H]2[C@H](CC(CO)=C3B(O)O[C@H](c4ccccc4O)C[C@H]32)C1=O. The van der Waals surface area contributed by atoms with Gasteiger partial charge in [0.05, 0.1) is 24.5 Å². The molecule has 7 nitrogen and oxygen atoms in total. The van der Waals surface area contributed by atoms with Crippen LogP contribution in [0.5, 0.6) is 5.75 Å². The van der Waals surface area contributed by atoms with Crippen LogP contribution in [0.4, 0.5) is 0 Å². The third kappa shape index (κ3) is 2.40. The molecule has 4 atom stereocenters. The molecule has 2 heterocycles. The predicted octanol–water partition coefficient (Wildman–Crippen LogP) is 0.413. The third-order valence-electron chi connectivity index (χ3n) is 5.91. The van der Waals surface area contributed by atoms with E-state index in [4.69, 9.17) is 4.65 Å². The molecule has 2 amide bonds. The van der Waals surface area contributed by atoms with Crippen molar-refractivity contribution >= 4 is 18.9 Å². The molecule has 136 valence electrons. The summed E-state index contributed by atoms with van der Waals surface area (Å²) >= 11 is 0. The number of phenolic OH excluding ortho intramolecular Hbond substituents is 1. The van der Waals surface area contributed by atoms with Gasteiger partial charge in [-0.2, -0.15) is 0 Å². The van der Waals surface area contributed by atoms with E-state index < -0.39 is 31.0 Å². The van der Waals surface area contributed by atoms with Crippen molar-refractivity contribution < 1.29 is 29.5 Å². The molecule has 0 bridgehead atoms. The Labute approximate surface area is 151 Å². The van der Waals surface area contributed by atoms with E-state index in [0.29, 0.717) is 23.0 Å². The van der Waals surface area contributed by atoms with Gasteiger partial charge in [0.2, 0.25) is 11.8 Å². The van der Waals surface area contributed by atoms with Crippen molar-refractivity contribution in [3.8, 4) is 5.75 Å². The number of phenols is 1. The van der Waals surface area contributed by atoms with E-state index in [1.165, 1.54) is 13.1 Å². The number of allylic oxidation sites excluding steroid dienone is 1. The first kappa shape index (κ1) is 17.3. The van der Waals surface area contributed by atoms with E-state index in [-0.39, 0.29) is 30.6 Å². The van der Waals surface area contributed by atoms with E-state index in [2.05, 4.69) is 0 Å². The van der Waals surface area contributed by atoms with Crippen LogP contribution in [0.3, 0.4) is 0 Å². The van der Waals surface area contributed by atoms with E-state index >= 15 is 0 Å². The maximum Gasteiger partial charge on any atom is 0.487 e. The lowest BCUT2D eigenvalue weighted by atomic mass is 9.55. The number of amides is 2. The van der Waals surface area contributed by atoms with Crippen molar-refractivity contribution in [2.24, 2.45) is 17.8 Å². The molecule has 2 aliphatic heterocycles. The molecule has 3 aliphatic rings. The average Bonchev–Trinajstić information content (AvgIpc) is 2.85. The molecule has 0 saturated carbocycles. The number of carbonyl (C=O) groups is 2. The number of aliphatic hydroxyl groups excluding tert-OH is 1. The Kier molecular flexibility index (Phi) is 4.14. The average molecular weight is 357 g/mol. The number of hydrogen-bond acceptors (Lipinski definition) is 6. The van der Waals surface area contributed by atoms with Crippen LogP contribution in [-0.4, -0.2) is 52.7 Å². The summed E-state index contributed by atoms with van der Waals surface area (Å²) < 4.78 is 5.71. The van der Waals surface area contributed by atoms with Gasteiger partial charge in [0.25, 0.3) is 0 Å². The highest BCUT2D eigenvalue weighted by molar-refractivity contribution is 6.53. The number of nitrogens with zero attached hydrogens (tertiary/aromatic N) is 1. The number of carbonyl (C=O) groups excluding carboxylic acids is 2. The molecule has 4 rings (SSSR count). The molecule has 0 spiro atoms. The zero-order chi connectivity index (χ0) is 18.6. The molecular formula is C18H20BNO6. The van der Waals surface area contributed by atoms with Gasteiger partial charge in [0.1, 0.15) is 5.75 Å². The molecule has 8 heteroatoms. The maximum absolute atomic E-state index is 12.7. The van der Waals surface area contributed by atoms with Crippen LogP contribution in [0.25, 0.3) is 0 Å². The van der Waals surface area contributed by atoms with Crippen LogP contribution in [0.1, 0.15) is 24.5 Å². The smallest absolute Gasteiger partial charge is 0.487 e. The zero-order valence-electron chi connectivity index (χ0n) is 14.3. The van der Waals surface area contributed by atoms with Gasteiger partial charge in [0.15, 0.2) is 0 Å². The first-order valence-electron chi connectivity index (χ1n) is 8.69. The first-order valence-corrected chi connectivity index (χ1v) is 8.69. The summed E-state index contributed by atoms with van der Waals surface area (Å²) in [5.74, 6) is -1.94. The number of aliphatic hydroxyl groups is 1. The monoisotopic (exact) mass is 357 g/mol. The van der Waals surface area contributed by atoms with E-state index in [9.17, 15) is 24.8 Å². The molecule has 1 aromatic rings. The normalized spacial score (nSPS) is 31.3. The number of fused-ring (bicyclic) bond motifs is 3. The number of benzene rings is 1. The molecule has 1 aromatic carbocycles. The van der Waals surface area contributed by atoms with Gasteiger partial charge in [0, 0.05) is 12.6 Å². The van der Waals surface area contributed by atoms with Crippen molar-refractivity contribution in [1.29, 1.82) is 0 Å². The minimum atomic E-state index is -1.28. The van der Waals surface area contributed by atoms with E-state index in [0.717, 1.165) is 4.90 Å². The number of likely N-dealkylation sites (tertiary alicyclic amines) is 1. The first-order chi connectivity index (χ1) is 12.4. The fourth-order valence-corrected chi connectivity index (χ4v) is 4.67. The second-order valence-electron chi connectivity index (χ2n) is 7.17. The Morgan fingerprint density at radius 1 is 1.23 bits per heavy atom. The summed E-state index contributed by atoms with van der Waals surface area (Å²) in [6, 6.07) is 6.70. The summed E-state index contributed by atoms with van der Waals surface area (Å²) in [6.07, 6.45) is -0.00195. The lowest BCUT2D eigenvalue weighted by Crippen LogP contribution is -2.45. The van der Waals surface area contributed by atoms with Crippen LogP contribution in [0.2, 0.25) is 0 Å². The molecule has 0 unspecified atom stereocenters. The van der Waals surface area contributed by atoms with Gasteiger partial charge in [-0.25, -0.2) is 0 Å². The Hall–Kier alpha value is -2.16. The highest BCUT2D eigenvalue weighted by Crippen LogP contribution is 2.51. The van der Waals surface area contributed by atoms with Crippen LogP contribution in [0.15, 0.2) is 35.3 Å². The molecule has 2 saturated heterocycles. The highest BCUT2D eigenvalue weighted by atomic mass is 16.5. The van der Waals surface area contributed by atoms with Gasteiger partial charge >= 0.3 is 7.12 Å². The summed E-state index contributed by atoms with van der Waals surface area (Å²) in [5, 5.41) is 30.4. The molecule has 1 aliphatic carbocycles. The third-order valence-corrected chi connectivity index (χ3v) is 5.91. The van der Waals surface area contributed by atoms with E-state index in [1.807, 2.05) is 0 Å². The number of rotatable bonds is 2. The van der Waals surface area contributed by atoms with Crippen LogP contribution in [-0.2, 0) is 14.2 Å². The Morgan fingerprint density at radius 3 is 2.65 bits per heavy atom. The lowest BCUT2D eigenvalue weighted by Gasteiger charge is -2.42. The molecule has 0 aromatic heterocycles. The summed E-state index contributed by atoms with van der Waals surface area (Å²) in [5.41, 5.74) is 1.61. The van der Waals surface area contributed by atoms with Gasteiger partial charge < -0.3 is 19.9 Å². The standard InChI is InChI=1S/C18H20BNO6/c1-20-17(23)12-6-9(8-21)16-11(15(12)18(20)24)7-14(26-19(16)25)10-4-2-3-5-13(10)22/h2-5,11-12,14-15,21-22,25H,6-8H2,1H3/t11-,12-,14-,15+/m0/s1. The van der Waals surface area contributed by atoms with Gasteiger partial charge in [-0.3, -0.25) is 14.5 Å². The molecule has 3 N–H and O–H groups in total. The Balaban J connectivity index is 1.76. The topological polar surface area (TPSA) is 107 Å². The summed E-state index contributed by atoms with van der Waals surface area (Å²) in [4.78, 5) is 26.2. The molecular weight excluding hydrogens is 337 g/mol. The van der Waals surface area contributed by atoms with Crippen LogP contribution in [0, 0.1) is 17.8 Å². The minimum absolute atomic E-state index is 0.0535. The second kappa shape index (κ2) is 6.23. The Bertz CT molecular complexity index is 809. The molecule has 26 heavy (non-hydrogen) atoms. The highest BCUT2D eigenvalue weighted by Gasteiger charge is 2.57. The fraction of sp³-hybridized carbons (Fsp3) is 0.444.